The van der Waals surface area contributed by atoms with Crippen LogP contribution in [0, 0.1) is 0 Å². The summed E-state index contributed by atoms with van der Waals surface area (Å²) in [6.07, 6.45) is 19.1. The fourth-order valence-electron chi connectivity index (χ4n) is 1.60. The van der Waals surface area contributed by atoms with Crippen LogP contribution in [0.15, 0.2) is 36.5 Å². The Bertz CT molecular complexity index is 253. The summed E-state index contributed by atoms with van der Waals surface area (Å²) in [5.41, 5.74) is 0. The van der Waals surface area contributed by atoms with Crippen molar-refractivity contribution in [1.29, 1.82) is 0 Å². The van der Waals surface area contributed by atoms with Gasteiger partial charge in [-0.3, -0.25) is 0 Å². The third kappa shape index (κ3) is 15.6. The molecular formula is C18H33BO3. The first-order chi connectivity index (χ1) is 10.8. The molecule has 0 aliphatic carbocycles. The summed E-state index contributed by atoms with van der Waals surface area (Å²) in [6, 6.07) is 0. The first-order valence-electron chi connectivity index (χ1n) is 8.64. The average Bonchev–Trinajstić information content (AvgIpc) is 2.53. The zero-order valence-electron chi connectivity index (χ0n) is 14.6. The maximum Gasteiger partial charge on any atom is 0.640 e. The highest BCUT2D eigenvalue weighted by atomic mass is 16.7. The van der Waals surface area contributed by atoms with Gasteiger partial charge in [-0.1, -0.05) is 76.5 Å². The second kappa shape index (κ2) is 18.2. The molecule has 3 nitrogen and oxygen atoms in total. The Labute approximate surface area is 137 Å². The Balaban J connectivity index is 4.01. The summed E-state index contributed by atoms with van der Waals surface area (Å²) >= 11 is 0. The fraction of sp³-hybridized carbons (Fsp3) is 0.667. The van der Waals surface area contributed by atoms with E-state index in [0.29, 0.717) is 19.8 Å². The summed E-state index contributed by atoms with van der Waals surface area (Å²) in [5, 5.41) is 0. The van der Waals surface area contributed by atoms with Gasteiger partial charge in [0, 0.05) is 0 Å². The number of unbranched alkanes of at least 4 members (excludes halogenated alkanes) is 3. The normalized spacial score (nSPS) is 12.1. The molecule has 0 amide bonds. The van der Waals surface area contributed by atoms with Crippen LogP contribution in [0.25, 0.3) is 0 Å². The molecular weight excluding hydrogens is 275 g/mol. The minimum Gasteiger partial charge on any atom is -0.382 e. The zero-order chi connectivity index (χ0) is 16.3. The predicted molar refractivity (Wildman–Crippen MR) is 95.8 cm³/mol. The summed E-state index contributed by atoms with van der Waals surface area (Å²) in [4.78, 5) is 0. The molecule has 0 aromatic heterocycles. The Morgan fingerprint density at radius 2 is 0.864 bits per heavy atom. The molecule has 0 N–H and O–H groups in total. The molecule has 0 aliphatic rings. The largest absolute Gasteiger partial charge is 0.640 e. The van der Waals surface area contributed by atoms with E-state index in [0.717, 1.165) is 38.5 Å². The number of allylic oxidation sites excluding steroid dienone is 3. The van der Waals surface area contributed by atoms with Gasteiger partial charge in [-0.25, -0.2) is 0 Å². The Kier molecular flexibility index (Phi) is 17.5. The molecule has 0 radical (unpaired) electrons. The Morgan fingerprint density at radius 3 is 1.14 bits per heavy atom. The van der Waals surface area contributed by atoms with Crippen molar-refractivity contribution in [3.8, 4) is 0 Å². The van der Waals surface area contributed by atoms with Gasteiger partial charge in [-0.05, 0) is 19.3 Å². The molecule has 0 saturated heterocycles. The molecule has 0 aliphatic heterocycles. The van der Waals surface area contributed by atoms with E-state index in [1.165, 1.54) is 0 Å². The lowest BCUT2D eigenvalue weighted by atomic mass is 10.2. The highest BCUT2D eigenvalue weighted by molar-refractivity contribution is 6.36. The van der Waals surface area contributed by atoms with Gasteiger partial charge >= 0.3 is 7.32 Å². The standard InChI is InChI=1S/C18H33BO3/c1-4-7-10-13-16-20-19(21-17-14-11-8-5-2)22-18-15-12-9-6-3/h10-15H,4-9,16-18H2,1-3H3/b13-10-,14-11-,15-12-. The summed E-state index contributed by atoms with van der Waals surface area (Å²) in [6.45, 7) is 8.02. The van der Waals surface area contributed by atoms with Gasteiger partial charge in [0.15, 0.2) is 0 Å². The van der Waals surface area contributed by atoms with E-state index in [4.69, 9.17) is 14.0 Å². The van der Waals surface area contributed by atoms with Gasteiger partial charge in [-0.2, -0.15) is 0 Å². The van der Waals surface area contributed by atoms with Crippen molar-refractivity contribution in [3.05, 3.63) is 36.5 Å². The maximum atomic E-state index is 5.60. The third-order valence-electron chi connectivity index (χ3n) is 2.85. The van der Waals surface area contributed by atoms with E-state index in [9.17, 15) is 0 Å². The van der Waals surface area contributed by atoms with E-state index in [-0.39, 0.29) is 0 Å². The van der Waals surface area contributed by atoms with Crippen LogP contribution < -0.4 is 0 Å². The van der Waals surface area contributed by atoms with Gasteiger partial charge < -0.3 is 14.0 Å². The monoisotopic (exact) mass is 308 g/mol. The topological polar surface area (TPSA) is 27.7 Å². The lowest BCUT2D eigenvalue weighted by Gasteiger charge is -2.11. The molecule has 0 unspecified atom stereocenters. The van der Waals surface area contributed by atoms with E-state index >= 15 is 0 Å². The zero-order valence-corrected chi connectivity index (χ0v) is 14.6. The van der Waals surface area contributed by atoms with Crippen LogP contribution in [-0.2, 0) is 14.0 Å². The van der Waals surface area contributed by atoms with E-state index in [1.807, 2.05) is 18.2 Å². The van der Waals surface area contributed by atoms with Crippen LogP contribution in [0.4, 0.5) is 0 Å². The van der Waals surface area contributed by atoms with Crippen LogP contribution in [0.1, 0.15) is 59.3 Å². The molecule has 126 valence electrons. The SMILES string of the molecule is CCC/C=C\COB(OC/C=C\CCC)OC/C=C\CCC. The average molecular weight is 308 g/mol. The first-order valence-corrected chi connectivity index (χ1v) is 8.64. The van der Waals surface area contributed by atoms with Gasteiger partial charge in [0.1, 0.15) is 0 Å². The molecule has 0 atom stereocenters. The summed E-state index contributed by atoms with van der Waals surface area (Å²) in [7, 11) is -0.608. The molecule has 0 aromatic rings. The molecule has 0 rings (SSSR count). The highest BCUT2D eigenvalue weighted by Crippen LogP contribution is 1.98. The molecule has 22 heavy (non-hydrogen) atoms. The van der Waals surface area contributed by atoms with Crippen molar-refractivity contribution >= 4 is 7.32 Å². The molecule has 0 bridgehead atoms. The van der Waals surface area contributed by atoms with Crippen molar-refractivity contribution in [2.45, 2.75) is 59.3 Å². The minimum atomic E-state index is -0.608. The number of hydrogen-bond donors (Lipinski definition) is 0. The molecule has 0 spiro atoms. The lowest BCUT2D eigenvalue weighted by Crippen LogP contribution is -2.27. The van der Waals surface area contributed by atoms with Crippen LogP contribution in [-0.4, -0.2) is 27.1 Å². The van der Waals surface area contributed by atoms with Crippen molar-refractivity contribution in [1.82, 2.24) is 0 Å². The summed E-state index contributed by atoms with van der Waals surface area (Å²) in [5.74, 6) is 0. The van der Waals surface area contributed by atoms with Crippen LogP contribution in [0.2, 0.25) is 0 Å². The van der Waals surface area contributed by atoms with Crippen molar-refractivity contribution < 1.29 is 14.0 Å². The predicted octanol–water partition coefficient (Wildman–Crippen LogP) is 5.09. The molecule has 0 aromatic carbocycles. The van der Waals surface area contributed by atoms with Crippen LogP contribution >= 0.6 is 0 Å². The second-order valence-electron chi connectivity index (χ2n) is 5.07. The van der Waals surface area contributed by atoms with Crippen molar-refractivity contribution in [2.75, 3.05) is 19.8 Å². The van der Waals surface area contributed by atoms with E-state index < -0.39 is 7.32 Å². The highest BCUT2D eigenvalue weighted by Gasteiger charge is 2.19. The van der Waals surface area contributed by atoms with Crippen LogP contribution in [0.5, 0.6) is 0 Å². The maximum absolute atomic E-state index is 5.60. The van der Waals surface area contributed by atoms with Crippen molar-refractivity contribution in [2.24, 2.45) is 0 Å². The van der Waals surface area contributed by atoms with Crippen LogP contribution in [0.3, 0.4) is 0 Å². The lowest BCUT2D eigenvalue weighted by molar-refractivity contribution is 0.123. The Hall–Kier alpha value is -0.835. The Morgan fingerprint density at radius 1 is 0.545 bits per heavy atom. The minimum absolute atomic E-state index is 0.516. The van der Waals surface area contributed by atoms with Crippen molar-refractivity contribution in [3.63, 3.8) is 0 Å². The second-order valence-corrected chi connectivity index (χ2v) is 5.07. The molecule has 0 saturated carbocycles. The quantitative estimate of drug-likeness (QED) is 0.311. The van der Waals surface area contributed by atoms with Gasteiger partial charge in [0.25, 0.3) is 0 Å². The van der Waals surface area contributed by atoms with Gasteiger partial charge in [0.2, 0.25) is 0 Å². The fourth-order valence-corrected chi connectivity index (χ4v) is 1.60. The molecule has 4 heteroatoms. The first kappa shape index (κ1) is 21.2. The third-order valence-corrected chi connectivity index (χ3v) is 2.85. The molecule has 0 heterocycles. The van der Waals surface area contributed by atoms with E-state index in [2.05, 4.69) is 39.0 Å². The number of rotatable bonds is 15. The van der Waals surface area contributed by atoms with E-state index in [1.54, 1.807) is 0 Å². The molecule has 0 fully saturated rings. The van der Waals surface area contributed by atoms with Gasteiger partial charge in [-0.15, -0.1) is 0 Å². The summed E-state index contributed by atoms with van der Waals surface area (Å²) < 4.78 is 16.8. The smallest absolute Gasteiger partial charge is 0.382 e. The number of hydrogen-bond acceptors (Lipinski definition) is 3. The van der Waals surface area contributed by atoms with Gasteiger partial charge in [0.05, 0.1) is 19.8 Å².